The SMILES string of the molecule is Cc1ccc2oc(C(N)c3ccc(I)cc3)cc2c1. The van der Waals surface area contributed by atoms with E-state index in [1.165, 1.54) is 9.13 Å². The molecule has 0 aliphatic carbocycles. The normalized spacial score (nSPS) is 12.8. The van der Waals surface area contributed by atoms with Crippen molar-refractivity contribution in [2.75, 3.05) is 0 Å². The Labute approximate surface area is 125 Å². The maximum absolute atomic E-state index is 6.27. The molecule has 0 amide bonds. The zero-order valence-electron chi connectivity index (χ0n) is 10.6. The third kappa shape index (κ3) is 2.53. The maximum Gasteiger partial charge on any atom is 0.134 e. The number of nitrogens with two attached hydrogens (primary N) is 1. The lowest BCUT2D eigenvalue weighted by Crippen LogP contribution is -2.10. The third-order valence-electron chi connectivity index (χ3n) is 3.23. The molecule has 0 aliphatic heterocycles. The third-order valence-corrected chi connectivity index (χ3v) is 3.95. The summed E-state index contributed by atoms with van der Waals surface area (Å²) in [5.74, 6) is 0.807. The van der Waals surface area contributed by atoms with Crippen LogP contribution in [0.3, 0.4) is 0 Å². The second kappa shape index (κ2) is 4.98. The number of aryl methyl sites for hydroxylation is 1. The highest BCUT2D eigenvalue weighted by Crippen LogP contribution is 2.27. The average Bonchev–Trinajstić information content (AvgIpc) is 2.81. The van der Waals surface area contributed by atoms with Crippen LogP contribution >= 0.6 is 22.6 Å². The molecule has 0 spiro atoms. The molecule has 96 valence electrons. The average molecular weight is 363 g/mol. The predicted molar refractivity (Wildman–Crippen MR) is 86.1 cm³/mol. The number of hydrogen-bond donors (Lipinski definition) is 1. The molecule has 19 heavy (non-hydrogen) atoms. The molecule has 2 nitrogen and oxygen atoms in total. The van der Waals surface area contributed by atoms with E-state index < -0.39 is 0 Å². The van der Waals surface area contributed by atoms with Crippen LogP contribution in [-0.4, -0.2) is 0 Å². The van der Waals surface area contributed by atoms with Crippen molar-refractivity contribution < 1.29 is 4.42 Å². The van der Waals surface area contributed by atoms with Crippen LogP contribution in [0.1, 0.15) is 22.9 Å². The van der Waals surface area contributed by atoms with Crippen molar-refractivity contribution in [3.8, 4) is 0 Å². The molecule has 1 aromatic heterocycles. The Morgan fingerprint density at radius 2 is 1.79 bits per heavy atom. The Morgan fingerprint density at radius 3 is 2.53 bits per heavy atom. The lowest BCUT2D eigenvalue weighted by molar-refractivity contribution is 0.525. The summed E-state index contributed by atoms with van der Waals surface area (Å²) in [6.07, 6.45) is 0. The molecule has 1 atom stereocenters. The zero-order valence-corrected chi connectivity index (χ0v) is 12.7. The minimum absolute atomic E-state index is 0.218. The van der Waals surface area contributed by atoms with E-state index in [-0.39, 0.29) is 6.04 Å². The summed E-state index contributed by atoms with van der Waals surface area (Å²) in [4.78, 5) is 0. The van der Waals surface area contributed by atoms with Gasteiger partial charge < -0.3 is 10.2 Å². The van der Waals surface area contributed by atoms with Crippen LogP contribution in [-0.2, 0) is 0 Å². The monoisotopic (exact) mass is 363 g/mol. The summed E-state index contributed by atoms with van der Waals surface area (Å²) < 4.78 is 7.05. The summed E-state index contributed by atoms with van der Waals surface area (Å²) >= 11 is 2.29. The summed E-state index contributed by atoms with van der Waals surface area (Å²) in [6, 6.07) is 16.2. The Hall–Kier alpha value is -1.33. The van der Waals surface area contributed by atoms with Gasteiger partial charge in [-0.15, -0.1) is 0 Å². The van der Waals surface area contributed by atoms with Crippen LogP contribution in [0.2, 0.25) is 0 Å². The van der Waals surface area contributed by atoms with Gasteiger partial charge in [-0.1, -0.05) is 23.8 Å². The van der Waals surface area contributed by atoms with E-state index in [1.54, 1.807) is 0 Å². The Kier molecular flexibility index (Phi) is 3.33. The molecule has 0 bridgehead atoms. The van der Waals surface area contributed by atoms with Crippen molar-refractivity contribution in [2.45, 2.75) is 13.0 Å². The van der Waals surface area contributed by atoms with Gasteiger partial charge in [0.1, 0.15) is 11.3 Å². The number of furan rings is 1. The molecule has 2 aromatic carbocycles. The van der Waals surface area contributed by atoms with Crippen LogP contribution in [0, 0.1) is 10.5 Å². The van der Waals surface area contributed by atoms with Gasteiger partial charge in [0, 0.05) is 8.96 Å². The number of rotatable bonds is 2. The first-order chi connectivity index (χ1) is 9.13. The first kappa shape index (κ1) is 12.7. The van der Waals surface area contributed by atoms with Crippen LogP contribution in [0.4, 0.5) is 0 Å². The first-order valence-corrected chi connectivity index (χ1v) is 7.22. The van der Waals surface area contributed by atoms with Gasteiger partial charge in [0.25, 0.3) is 0 Å². The molecule has 0 aliphatic rings. The molecular formula is C16H14INO. The van der Waals surface area contributed by atoms with E-state index in [0.717, 1.165) is 22.3 Å². The van der Waals surface area contributed by atoms with Crippen LogP contribution in [0.25, 0.3) is 11.0 Å². The van der Waals surface area contributed by atoms with Gasteiger partial charge in [0.2, 0.25) is 0 Å². The van der Waals surface area contributed by atoms with Crippen LogP contribution in [0.5, 0.6) is 0 Å². The van der Waals surface area contributed by atoms with E-state index in [9.17, 15) is 0 Å². The Morgan fingerprint density at radius 1 is 1.05 bits per heavy atom. The van der Waals surface area contributed by atoms with E-state index in [1.807, 2.05) is 30.3 Å². The van der Waals surface area contributed by atoms with E-state index in [4.69, 9.17) is 10.2 Å². The summed E-state index contributed by atoms with van der Waals surface area (Å²) in [7, 11) is 0. The predicted octanol–water partition coefficient (Wildman–Crippen LogP) is 4.39. The number of fused-ring (bicyclic) bond motifs is 1. The molecule has 1 heterocycles. The van der Waals surface area contributed by atoms with Gasteiger partial charge in [-0.2, -0.15) is 0 Å². The van der Waals surface area contributed by atoms with Gasteiger partial charge in [0.15, 0.2) is 0 Å². The quantitative estimate of drug-likeness (QED) is 0.686. The Balaban J connectivity index is 2.01. The highest BCUT2D eigenvalue weighted by Gasteiger charge is 2.14. The highest BCUT2D eigenvalue weighted by molar-refractivity contribution is 14.1. The summed E-state index contributed by atoms with van der Waals surface area (Å²) in [5, 5.41) is 1.11. The molecule has 0 fully saturated rings. The molecule has 3 heteroatoms. The van der Waals surface area contributed by atoms with Crippen LogP contribution in [0.15, 0.2) is 52.9 Å². The molecular weight excluding hydrogens is 349 g/mol. The van der Waals surface area contributed by atoms with Crippen molar-refractivity contribution in [1.29, 1.82) is 0 Å². The van der Waals surface area contributed by atoms with Gasteiger partial charge >= 0.3 is 0 Å². The fourth-order valence-corrected chi connectivity index (χ4v) is 2.53. The topological polar surface area (TPSA) is 39.2 Å². The highest BCUT2D eigenvalue weighted by atomic mass is 127. The van der Waals surface area contributed by atoms with Crippen molar-refractivity contribution in [3.63, 3.8) is 0 Å². The fraction of sp³-hybridized carbons (Fsp3) is 0.125. The van der Waals surface area contributed by atoms with Crippen molar-refractivity contribution in [2.24, 2.45) is 5.73 Å². The summed E-state index contributed by atoms with van der Waals surface area (Å²) in [5.41, 5.74) is 9.45. The van der Waals surface area contributed by atoms with Crippen molar-refractivity contribution >= 4 is 33.6 Å². The number of halogens is 1. The van der Waals surface area contributed by atoms with Crippen molar-refractivity contribution in [3.05, 3.63) is 69.0 Å². The van der Waals surface area contributed by atoms with E-state index in [2.05, 4.69) is 47.7 Å². The summed E-state index contributed by atoms with van der Waals surface area (Å²) in [6.45, 7) is 2.07. The number of hydrogen-bond acceptors (Lipinski definition) is 2. The van der Waals surface area contributed by atoms with Crippen molar-refractivity contribution in [1.82, 2.24) is 0 Å². The lowest BCUT2D eigenvalue weighted by atomic mass is 10.1. The first-order valence-electron chi connectivity index (χ1n) is 6.14. The Bertz CT molecular complexity index is 715. The molecule has 2 N–H and O–H groups in total. The standard InChI is InChI=1S/C16H14INO/c1-10-2-7-14-12(8-10)9-15(19-14)16(18)11-3-5-13(17)6-4-11/h2-9,16H,18H2,1H3. The number of benzene rings is 2. The second-order valence-corrected chi connectivity index (χ2v) is 5.96. The largest absolute Gasteiger partial charge is 0.459 e. The molecule has 1 unspecified atom stereocenters. The van der Waals surface area contributed by atoms with E-state index in [0.29, 0.717) is 0 Å². The lowest BCUT2D eigenvalue weighted by Gasteiger charge is -2.08. The molecule has 0 saturated heterocycles. The molecule has 0 radical (unpaired) electrons. The van der Waals surface area contributed by atoms with Gasteiger partial charge in [-0.25, -0.2) is 0 Å². The van der Waals surface area contributed by atoms with Crippen LogP contribution < -0.4 is 5.73 Å². The molecule has 3 aromatic rings. The minimum atomic E-state index is -0.218. The smallest absolute Gasteiger partial charge is 0.134 e. The molecule has 0 saturated carbocycles. The minimum Gasteiger partial charge on any atom is -0.459 e. The fourth-order valence-electron chi connectivity index (χ4n) is 2.17. The van der Waals surface area contributed by atoms with Gasteiger partial charge in [-0.3, -0.25) is 0 Å². The zero-order chi connectivity index (χ0) is 13.4. The van der Waals surface area contributed by atoms with Gasteiger partial charge in [-0.05, 0) is 65.4 Å². The van der Waals surface area contributed by atoms with Gasteiger partial charge in [0.05, 0.1) is 6.04 Å². The van der Waals surface area contributed by atoms with E-state index >= 15 is 0 Å². The second-order valence-electron chi connectivity index (χ2n) is 4.72. The molecule has 3 rings (SSSR count). The maximum atomic E-state index is 6.27.